The van der Waals surface area contributed by atoms with E-state index in [0.29, 0.717) is 35.4 Å². The van der Waals surface area contributed by atoms with Crippen molar-refractivity contribution in [3.8, 4) is 0 Å². The Labute approximate surface area is 252 Å². The van der Waals surface area contributed by atoms with Gasteiger partial charge in [0.05, 0.1) is 9.79 Å². The number of benzene rings is 3. The van der Waals surface area contributed by atoms with Gasteiger partial charge in [0.2, 0.25) is 0 Å². The number of halogens is 12. The van der Waals surface area contributed by atoms with E-state index in [4.69, 9.17) is 0 Å². The monoisotopic (exact) mass is 718 g/mol. The molecular formula is C26H18F12O6S2. The Morgan fingerprint density at radius 3 is 0.826 bits per heavy atom. The van der Waals surface area contributed by atoms with Crippen molar-refractivity contribution in [2.45, 2.75) is 59.5 Å². The minimum absolute atomic E-state index is 0.317. The molecule has 3 aromatic carbocycles. The molecule has 3 aromatic rings. The molecule has 0 heterocycles. The second kappa shape index (κ2) is 11.7. The van der Waals surface area contributed by atoms with E-state index in [2.05, 4.69) is 8.37 Å². The predicted octanol–water partition coefficient (Wildman–Crippen LogP) is 7.75. The maximum atomic E-state index is 14.2. The minimum Gasteiger partial charge on any atom is -0.235 e. The van der Waals surface area contributed by atoms with Crippen LogP contribution in [0.25, 0.3) is 0 Å². The molecule has 0 aliphatic heterocycles. The van der Waals surface area contributed by atoms with Gasteiger partial charge < -0.3 is 0 Å². The molecule has 0 saturated carbocycles. The number of aryl methyl sites for hydroxylation is 2. The van der Waals surface area contributed by atoms with Crippen molar-refractivity contribution >= 4 is 20.2 Å². The fourth-order valence-electron chi connectivity index (χ4n) is 4.04. The van der Waals surface area contributed by atoms with Gasteiger partial charge in [0.25, 0.3) is 20.2 Å². The summed E-state index contributed by atoms with van der Waals surface area (Å²) in [7, 11) is -12.0. The molecule has 0 atom stereocenters. The van der Waals surface area contributed by atoms with Crippen LogP contribution in [0.3, 0.4) is 0 Å². The van der Waals surface area contributed by atoms with Crippen molar-refractivity contribution in [3.63, 3.8) is 0 Å². The Morgan fingerprint density at radius 2 is 0.630 bits per heavy atom. The Hall–Kier alpha value is -3.36. The molecule has 6 nitrogen and oxygen atoms in total. The second-order valence-electron chi connectivity index (χ2n) is 9.63. The topological polar surface area (TPSA) is 86.7 Å². The van der Waals surface area contributed by atoms with Crippen molar-refractivity contribution < 1.29 is 77.9 Å². The lowest BCUT2D eigenvalue weighted by molar-refractivity contribution is -0.366. The van der Waals surface area contributed by atoms with Gasteiger partial charge in [-0.3, -0.25) is 0 Å². The van der Waals surface area contributed by atoms with Crippen LogP contribution in [-0.4, -0.2) is 41.5 Å². The van der Waals surface area contributed by atoms with Gasteiger partial charge in [-0.25, -0.2) is 8.37 Å². The summed E-state index contributed by atoms with van der Waals surface area (Å²) >= 11 is 0. The summed E-state index contributed by atoms with van der Waals surface area (Å²) in [6.45, 7) is 2.76. The summed E-state index contributed by atoms with van der Waals surface area (Å²) in [6, 6.07) is 3.94. The van der Waals surface area contributed by atoms with Crippen LogP contribution in [0.2, 0.25) is 0 Å². The van der Waals surface area contributed by atoms with E-state index in [1.54, 1.807) is 0 Å². The third kappa shape index (κ3) is 6.56. The first-order chi connectivity index (χ1) is 20.6. The first-order valence-electron chi connectivity index (χ1n) is 12.0. The van der Waals surface area contributed by atoms with E-state index < -0.39 is 101 Å². The van der Waals surface area contributed by atoms with Crippen LogP contribution < -0.4 is 0 Å². The molecule has 0 amide bonds. The molecule has 0 spiro atoms. The van der Waals surface area contributed by atoms with E-state index in [0.717, 1.165) is 24.3 Å². The zero-order valence-corrected chi connectivity index (χ0v) is 24.4. The lowest BCUT2D eigenvalue weighted by atomic mass is 9.87. The second-order valence-corrected chi connectivity index (χ2v) is 12.7. The largest absolute Gasteiger partial charge is 0.432 e. The summed E-state index contributed by atoms with van der Waals surface area (Å²) in [5.41, 5.74) is -15.8. The van der Waals surface area contributed by atoms with Crippen LogP contribution in [0.1, 0.15) is 22.3 Å². The van der Waals surface area contributed by atoms with E-state index in [9.17, 15) is 69.5 Å². The Balaban J connectivity index is 2.31. The summed E-state index contributed by atoms with van der Waals surface area (Å²) in [4.78, 5) is -2.43. The SMILES string of the molecule is Cc1ccc(S(=O)(=O)OC(c2ccc(C(OS(=O)(=O)c3ccc(C)cc3)(C(F)(F)F)C(F)(F)F)cc2)(C(F)(F)F)C(F)(F)F)cc1. The zero-order valence-electron chi connectivity index (χ0n) is 22.7. The molecule has 20 heteroatoms. The Bertz CT molecular complexity index is 1600. The molecular weight excluding hydrogens is 700 g/mol. The van der Waals surface area contributed by atoms with E-state index >= 15 is 0 Å². The van der Waals surface area contributed by atoms with Crippen LogP contribution in [0.4, 0.5) is 52.7 Å². The highest BCUT2D eigenvalue weighted by Crippen LogP contribution is 2.57. The van der Waals surface area contributed by atoms with E-state index in [1.807, 2.05) is 0 Å². The molecule has 0 aliphatic carbocycles. The average Bonchev–Trinajstić information content (AvgIpc) is 2.88. The molecule has 0 aromatic heterocycles. The fourth-order valence-corrected chi connectivity index (χ4v) is 6.40. The molecule has 46 heavy (non-hydrogen) atoms. The van der Waals surface area contributed by atoms with Gasteiger partial charge in [0.1, 0.15) is 0 Å². The van der Waals surface area contributed by atoms with E-state index in [1.165, 1.54) is 13.8 Å². The average molecular weight is 719 g/mol. The van der Waals surface area contributed by atoms with Crippen LogP contribution in [0.15, 0.2) is 82.6 Å². The molecule has 3 rings (SSSR count). The van der Waals surface area contributed by atoms with Gasteiger partial charge in [-0.2, -0.15) is 69.5 Å². The highest BCUT2D eigenvalue weighted by atomic mass is 32.2. The smallest absolute Gasteiger partial charge is 0.235 e. The fraction of sp³-hybridized carbons (Fsp3) is 0.308. The standard InChI is InChI=1S/C26H18F12O6S2/c1-15-3-11-19(12-4-15)45(39,40)43-21(23(27,28)29,24(30,31)32)17-7-9-18(10-8-17)22(25(33,34)35,26(36,37)38)44-46(41,42)20-13-5-16(2)6-14-20/h3-14H,1-2H3. The summed E-state index contributed by atoms with van der Waals surface area (Å²) in [5, 5.41) is 0. The van der Waals surface area contributed by atoms with Gasteiger partial charge in [0.15, 0.2) is 0 Å². The minimum atomic E-state index is -6.76. The molecule has 0 N–H and O–H groups in total. The lowest BCUT2D eigenvalue weighted by Crippen LogP contribution is -2.57. The van der Waals surface area contributed by atoms with Gasteiger partial charge >= 0.3 is 35.9 Å². The third-order valence-corrected chi connectivity index (χ3v) is 9.02. The molecule has 0 bridgehead atoms. The summed E-state index contributed by atoms with van der Waals surface area (Å²) < 4.78 is 229. The number of alkyl halides is 12. The van der Waals surface area contributed by atoms with Crippen molar-refractivity contribution in [1.82, 2.24) is 0 Å². The molecule has 0 aliphatic rings. The lowest BCUT2D eigenvalue weighted by Gasteiger charge is -2.38. The summed E-state index contributed by atoms with van der Waals surface area (Å²) in [5.74, 6) is 0. The van der Waals surface area contributed by atoms with Crippen molar-refractivity contribution in [2.24, 2.45) is 0 Å². The molecule has 0 fully saturated rings. The maximum absolute atomic E-state index is 14.2. The van der Waals surface area contributed by atoms with Crippen LogP contribution in [0, 0.1) is 13.8 Å². The Morgan fingerprint density at radius 1 is 0.413 bits per heavy atom. The normalized spacial score (nSPS) is 14.4. The highest BCUT2D eigenvalue weighted by molar-refractivity contribution is 7.87. The number of hydrogen-bond donors (Lipinski definition) is 0. The van der Waals surface area contributed by atoms with Crippen LogP contribution in [-0.2, 0) is 39.8 Å². The van der Waals surface area contributed by atoms with Crippen molar-refractivity contribution in [3.05, 3.63) is 95.1 Å². The maximum Gasteiger partial charge on any atom is 0.432 e. The highest BCUT2D eigenvalue weighted by Gasteiger charge is 2.77. The van der Waals surface area contributed by atoms with Gasteiger partial charge in [-0.15, -0.1) is 0 Å². The first-order valence-corrected chi connectivity index (χ1v) is 14.9. The molecule has 0 unspecified atom stereocenters. The number of hydrogen-bond acceptors (Lipinski definition) is 6. The van der Waals surface area contributed by atoms with Gasteiger partial charge in [0, 0.05) is 11.1 Å². The summed E-state index contributed by atoms with van der Waals surface area (Å²) in [6.07, 6.45) is -27.1. The predicted molar refractivity (Wildman–Crippen MR) is 133 cm³/mol. The van der Waals surface area contributed by atoms with Gasteiger partial charge in [-0.1, -0.05) is 59.7 Å². The number of rotatable bonds is 8. The Kier molecular flexibility index (Phi) is 9.44. The van der Waals surface area contributed by atoms with Crippen molar-refractivity contribution in [2.75, 3.05) is 0 Å². The van der Waals surface area contributed by atoms with Gasteiger partial charge in [-0.05, 0) is 38.1 Å². The van der Waals surface area contributed by atoms with Crippen LogP contribution in [0.5, 0.6) is 0 Å². The third-order valence-electron chi connectivity index (χ3n) is 6.38. The first kappa shape index (κ1) is 37.1. The molecule has 254 valence electrons. The van der Waals surface area contributed by atoms with Crippen molar-refractivity contribution in [1.29, 1.82) is 0 Å². The van der Waals surface area contributed by atoms with E-state index in [-0.39, 0.29) is 0 Å². The molecule has 0 radical (unpaired) electrons. The molecule has 0 saturated heterocycles. The van der Waals surface area contributed by atoms with Crippen LogP contribution >= 0.6 is 0 Å². The zero-order chi connectivity index (χ0) is 35.4. The quantitative estimate of drug-likeness (QED) is 0.175.